The minimum Gasteiger partial charge on any atom is -0.337 e. The average Bonchev–Trinajstić information content (AvgIpc) is 3.11. The lowest BCUT2D eigenvalue weighted by Crippen LogP contribution is -2.42. The van der Waals surface area contributed by atoms with E-state index in [9.17, 15) is 4.79 Å². The molecule has 2 aromatic rings. The number of nitrogens with two attached hydrogens (primary N) is 1. The fourth-order valence-corrected chi connectivity index (χ4v) is 4.41. The van der Waals surface area contributed by atoms with Crippen molar-refractivity contribution in [1.29, 1.82) is 0 Å². The van der Waals surface area contributed by atoms with Gasteiger partial charge in [-0.3, -0.25) is 9.69 Å². The van der Waals surface area contributed by atoms with Crippen molar-refractivity contribution < 1.29 is 4.79 Å². The first-order valence-electron chi connectivity index (χ1n) is 9.56. The summed E-state index contributed by atoms with van der Waals surface area (Å²) in [5.74, 6) is 1.09. The van der Waals surface area contributed by atoms with Crippen molar-refractivity contribution in [2.45, 2.75) is 18.9 Å². The highest BCUT2D eigenvalue weighted by atomic mass is 35.5. The Labute approximate surface area is 167 Å². The number of amides is 1. The lowest BCUT2D eigenvalue weighted by Gasteiger charge is -2.30. The van der Waals surface area contributed by atoms with Crippen molar-refractivity contribution in [1.82, 2.24) is 9.80 Å². The third kappa shape index (κ3) is 4.34. The average molecular weight is 386 g/mol. The molecule has 2 heterocycles. The molecule has 2 N–H and O–H groups in total. The molecular weight excluding hydrogens is 358 g/mol. The molecule has 1 fully saturated rings. The number of halogens is 1. The molecule has 0 aliphatic carbocycles. The van der Waals surface area contributed by atoms with Gasteiger partial charge in [0.25, 0.3) is 0 Å². The van der Waals surface area contributed by atoms with Crippen LogP contribution in [0.4, 0.5) is 0 Å². The zero-order valence-electron chi connectivity index (χ0n) is 15.6. The van der Waals surface area contributed by atoms with Crippen LogP contribution in [0.3, 0.4) is 0 Å². The molecule has 5 heteroatoms. The van der Waals surface area contributed by atoms with E-state index in [1.807, 2.05) is 11.0 Å². The molecule has 2 atom stereocenters. The molecular formula is C22H28ClN3O. The molecule has 0 unspecified atom stereocenters. The maximum absolute atomic E-state index is 12.9. The van der Waals surface area contributed by atoms with Crippen molar-refractivity contribution in [2.24, 2.45) is 11.7 Å². The Morgan fingerprint density at radius 3 is 2.44 bits per heavy atom. The summed E-state index contributed by atoms with van der Waals surface area (Å²) in [6, 6.07) is 19.0. The molecule has 0 radical (unpaired) electrons. The van der Waals surface area contributed by atoms with Gasteiger partial charge in [-0.2, -0.15) is 0 Å². The van der Waals surface area contributed by atoms with E-state index in [0.717, 1.165) is 32.6 Å². The maximum atomic E-state index is 12.9. The van der Waals surface area contributed by atoms with Crippen molar-refractivity contribution in [2.75, 3.05) is 32.7 Å². The van der Waals surface area contributed by atoms with E-state index < -0.39 is 0 Å². The second-order valence-corrected chi connectivity index (χ2v) is 7.54. The third-order valence-corrected chi connectivity index (χ3v) is 5.89. The second kappa shape index (κ2) is 8.87. The number of likely N-dealkylation sites (tertiary alicyclic amines) is 1. The number of rotatable bonds is 4. The number of hydrogen-bond donors (Lipinski definition) is 1. The highest BCUT2D eigenvalue weighted by Crippen LogP contribution is 2.32. The van der Waals surface area contributed by atoms with Crippen LogP contribution >= 0.6 is 12.4 Å². The summed E-state index contributed by atoms with van der Waals surface area (Å²) in [4.78, 5) is 17.2. The fourth-order valence-electron chi connectivity index (χ4n) is 4.41. The van der Waals surface area contributed by atoms with Crippen LogP contribution in [-0.2, 0) is 17.8 Å². The van der Waals surface area contributed by atoms with E-state index in [4.69, 9.17) is 5.73 Å². The van der Waals surface area contributed by atoms with E-state index in [0.29, 0.717) is 24.9 Å². The number of carbonyl (C=O) groups is 1. The normalized spacial score (nSPS) is 22.2. The van der Waals surface area contributed by atoms with Crippen LogP contribution in [0.2, 0.25) is 0 Å². The van der Waals surface area contributed by atoms with Crippen LogP contribution in [0.25, 0.3) is 0 Å². The number of fused-ring (bicyclic) bond motifs is 1. The molecule has 0 bridgehead atoms. The van der Waals surface area contributed by atoms with Crippen LogP contribution in [0.15, 0.2) is 54.6 Å². The smallest absolute Gasteiger partial charge is 0.237 e. The summed E-state index contributed by atoms with van der Waals surface area (Å²) in [6.07, 6.45) is 0.958. The van der Waals surface area contributed by atoms with Crippen LogP contribution in [0.1, 0.15) is 22.6 Å². The molecule has 1 amide bonds. The van der Waals surface area contributed by atoms with Gasteiger partial charge >= 0.3 is 0 Å². The van der Waals surface area contributed by atoms with Gasteiger partial charge in [0.1, 0.15) is 0 Å². The maximum Gasteiger partial charge on any atom is 0.237 e. The van der Waals surface area contributed by atoms with Gasteiger partial charge in [0.15, 0.2) is 0 Å². The molecule has 4 rings (SSSR count). The largest absolute Gasteiger partial charge is 0.337 e. The molecule has 4 nitrogen and oxygen atoms in total. The molecule has 144 valence electrons. The van der Waals surface area contributed by atoms with Crippen molar-refractivity contribution >= 4 is 18.3 Å². The van der Waals surface area contributed by atoms with Gasteiger partial charge in [-0.05, 0) is 35.6 Å². The summed E-state index contributed by atoms with van der Waals surface area (Å²) >= 11 is 0. The first kappa shape index (κ1) is 19.9. The van der Waals surface area contributed by atoms with E-state index >= 15 is 0 Å². The molecule has 0 spiro atoms. The summed E-state index contributed by atoms with van der Waals surface area (Å²) in [5.41, 5.74) is 10.0. The Morgan fingerprint density at radius 2 is 1.70 bits per heavy atom. The zero-order chi connectivity index (χ0) is 17.9. The monoisotopic (exact) mass is 385 g/mol. The second-order valence-electron chi connectivity index (χ2n) is 7.54. The van der Waals surface area contributed by atoms with Crippen molar-refractivity contribution in [3.8, 4) is 0 Å². The number of benzene rings is 2. The van der Waals surface area contributed by atoms with Crippen LogP contribution in [0.5, 0.6) is 0 Å². The summed E-state index contributed by atoms with van der Waals surface area (Å²) in [5, 5.41) is 0. The zero-order valence-corrected chi connectivity index (χ0v) is 16.4. The Bertz CT molecular complexity index is 767. The molecule has 1 saturated heterocycles. The lowest BCUT2D eigenvalue weighted by molar-refractivity contribution is -0.133. The van der Waals surface area contributed by atoms with E-state index in [1.165, 1.54) is 16.7 Å². The predicted octanol–water partition coefficient (Wildman–Crippen LogP) is 2.67. The van der Waals surface area contributed by atoms with Gasteiger partial charge in [0, 0.05) is 32.1 Å². The minimum atomic E-state index is 0. The molecule has 0 aromatic heterocycles. The van der Waals surface area contributed by atoms with Crippen molar-refractivity contribution in [3.63, 3.8) is 0 Å². The quantitative estimate of drug-likeness (QED) is 0.880. The first-order chi connectivity index (χ1) is 12.7. The first-order valence-corrected chi connectivity index (χ1v) is 9.56. The Balaban J connectivity index is 0.00000210. The lowest BCUT2D eigenvalue weighted by atomic mass is 9.89. The highest BCUT2D eigenvalue weighted by molar-refractivity contribution is 5.85. The molecule has 0 saturated carbocycles. The molecule has 27 heavy (non-hydrogen) atoms. The Hall–Kier alpha value is -1.88. The van der Waals surface area contributed by atoms with Gasteiger partial charge in [-0.25, -0.2) is 0 Å². The molecule has 2 aromatic carbocycles. The SMILES string of the molecule is Cl.NC[C@@H]1CN(CC(=O)N2CCc3ccccc3C2)C[C@H]1c1ccccc1. The number of carbonyl (C=O) groups excluding carboxylic acids is 1. The van der Waals surface area contributed by atoms with Crippen molar-refractivity contribution in [3.05, 3.63) is 71.3 Å². The number of hydrogen-bond acceptors (Lipinski definition) is 3. The Morgan fingerprint density at radius 1 is 1.00 bits per heavy atom. The summed E-state index contributed by atoms with van der Waals surface area (Å²) < 4.78 is 0. The van der Waals surface area contributed by atoms with Crippen LogP contribution < -0.4 is 5.73 Å². The molecule has 2 aliphatic heterocycles. The standard InChI is InChI=1S/C22H27N3O.ClH/c23-12-20-13-24(15-21(20)18-7-2-1-3-8-18)16-22(26)25-11-10-17-6-4-5-9-19(17)14-25;/h1-9,20-21H,10-16,23H2;1H/t20-,21+;/m1./s1. The topological polar surface area (TPSA) is 49.6 Å². The van der Waals surface area contributed by atoms with Crippen LogP contribution in [-0.4, -0.2) is 48.4 Å². The van der Waals surface area contributed by atoms with E-state index in [1.54, 1.807) is 0 Å². The summed E-state index contributed by atoms with van der Waals surface area (Å²) in [7, 11) is 0. The van der Waals surface area contributed by atoms with Gasteiger partial charge in [0.05, 0.1) is 6.54 Å². The summed E-state index contributed by atoms with van der Waals surface area (Å²) in [6.45, 7) is 4.56. The Kier molecular flexibility index (Phi) is 6.53. The highest BCUT2D eigenvalue weighted by Gasteiger charge is 2.34. The van der Waals surface area contributed by atoms with Gasteiger partial charge in [0.2, 0.25) is 5.91 Å². The van der Waals surface area contributed by atoms with Gasteiger partial charge in [-0.15, -0.1) is 12.4 Å². The number of nitrogens with zero attached hydrogens (tertiary/aromatic N) is 2. The van der Waals surface area contributed by atoms with E-state index in [2.05, 4.69) is 53.4 Å². The van der Waals surface area contributed by atoms with E-state index in [-0.39, 0.29) is 18.3 Å². The van der Waals surface area contributed by atoms with Crippen LogP contribution in [0, 0.1) is 5.92 Å². The minimum absolute atomic E-state index is 0. The van der Waals surface area contributed by atoms with Gasteiger partial charge < -0.3 is 10.6 Å². The molecule has 2 aliphatic rings. The fraction of sp³-hybridized carbons (Fsp3) is 0.409. The third-order valence-electron chi connectivity index (χ3n) is 5.89. The predicted molar refractivity (Wildman–Crippen MR) is 111 cm³/mol. The van der Waals surface area contributed by atoms with Gasteiger partial charge in [-0.1, -0.05) is 54.6 Å².